The van der Waals surface area contributed by atoms with Crippen molar-refractivity contribution in [2.24, 2.45) is 17.8 Å². The third-order valence-electron chi connectivity index (χ3n) is 7.82. The van der Waals surface area contributed by atoms with Crippen LogP contribution in [0, 0.1) is 17.8 Å². The van der Waals surface area contributed by atoms with Crippen LogP contribution in [-0.4, -0.2) is 57.8 Å². The molecule has 0 aromatic rings. The monoisotopic (exact) mass is 373 g/mol. The van der Waals surface area contributed by atoms with Crippen molar-refractivity contribution in [2.45, 2.75) is 76.2 Å². The van der Waals surface area contributed by atoms with E-state index in [1.54, 1.807) is 0 Å². The highest BCUT2D eigenvalue weighted by molar-refractivity contribution is 6.44. The van der Waals surface area contributed by atoms with Crippen LogP contribution in [0.1, 0.15) is 70.6 Å². The van der Waals surface area contributed by atoms with E-state index in [-0.39, 0.29) is 18.2 Å². The number of rotatable bonds is 3. The number of imide groups is 2. The highest BCUT2D eigenvalue weighted by atomic mass is 16.2. The van der Waals surface area contributed by atoms with Gasteiger partial charge in [0, 0.05) is 0 Å². The van der Waals surface area contributed by atoms with E-state index >= 15 is 0 Å². The van der Waals surface area contributed by atoms with E-state index in [0.29, 0.717) is 17.8 Å². The molecule has 2 aliphatic heterocycles. The van der Waals surface area contributed by atoms with Crippen LogP contribution in [0.5, 0.6) is 0 Å². The molecule has 0 aromatic carbocycles. The first-order valence-electron chi connectivity index (χ1n) is 11.0. The summed E-state index contributed by atoms with van der Waals surface area (Å²) >= 11 is 0. The number of amides is 4. The van der Waals surface area contributed by atoms with Gasteiger partial charge in [0.1, 0.15) is 0 Å². The molecule has 4 saturated carbocycles. The molecule has 6 fully saturated rings. The second-order valence-electron chi connectivity index (χ2n) is 9.83. The molecule has 4 bridgehead atoms. The Hall–Kier alpha value is -1.43. The third kappa shape index (κ3) is 2.91. The van der Waals surface area contributed by atoms with Crippen LogP contribution in [-0.2, 0) is 9.59 Å². The van der Waals surface area contributed by atoms with Gasteiger partial charge in [0.05, 0.1) is 12.2 Å². The van der Waals surface area contributed by atoms with Crippen LogP contribution in [0.15, 0.2) is 0 Å². The zero-order valence-corrected chi connectivity index (χ0v) is 16.2. The van der Waals surface area contributed by atoms with E-state index < -0.39 is 11.8 Å². The Morgan fingerprint density at radius 1 is 0.741 bits per heavy atom. The van der Waals surface area contributed by atoms with Gasteiger partial charge in [0.15, 0.2) is 0 Å². The van der Waals surface area contributed by atoms with Crippen LogP contribution < -0.4 is 0 Å². The molecule has 27 heavy (non-hydrogen) atoms. The van der Waals surface area contributed by atoms with Gasteiger partial charge < -0.3 is 0 Å². The number of carbonyl (C=O) groups excluding carboxylic acids is 3. The van der Waals surface area contributed by atoms with E-state index in [1.807, 2.05) is 0 Å². The zero-order chi connectivity index (χ0) is 18.6. The maximum absolute atomic E-state index is 13.3. The summed E-state index contributed by atoms with van der Waals surface area (Å²) in [7, 11) is 0. The molecule has 0 aromatic heterocycles. The standard InChI is InChI=1S/C21H31N3O3/c25-18-19(26)24(21-11-15-8-16(12-21)10-17(9-15)13-21)20(27)23(18)14-22-6-4-2-1-3-5-7-22/h15-17H,1-14H2. The molecule has 2 heterocycles. The van der Waals surface area contributed by atoms with Gasteiger partial charge in [-0.15, -0.1) is 0 Å². The third-order valence-corrected chi connectivity index (χ3v) is 7.82. The molecule has 6 heteroatoms. The van der Waals surface area contributed by atoms with Gasteiger partial charge in [-0.2, -0.15) is 0 Å². The fourth-order valence-corrected chi connectivity index (χ4v) is 7.04. The van der Waals surface area contributed by atoms with Gasteiger partial charge in [-0.1, -0.05) is 19.3 Å². The first-order valence-corrected chi connectivity index (χ1v) is 11.0. The average molecular weight is 373 g/mol. The summed E-state index contributed by atoms with van der Waals surface area (Å²) in [4.78, 5) is 43.7. The lowest BCUT2D eigenvalue weighted by Crippen LogP contribution is -2.62. The second kappa shape index (κ2) is 6.57. The number of nitrogens with zero attached hydrogens (tertiary/aromatic N) is 3. The molecule has 4 aliphatic carbocycles. The van der Waals surface area contributed by atoms with E-state index in [9.17, 15) is 14.4 Å². The molecule has 0 atom stereocenters. The van der Waals surface area contributed by atoms with Gasteiger partial charge in [-0.05, 0) is 82.2 Å². The Kier molecular flexibility index (Phi) is 4.30. The quantitative estimate of drug-likeness (QED) is 0.564. The van der Waals surface area contributed by atoms with Crippen molar-refractivity contribution < 1.29 is 14.4 Å². The van der Waals surface area contributed by atoms with Crippen molar-refractivity contribution in [2.75, 3.05) is 19.8 Å². The van der Waals surface area contributed by atoms with E-state index in [2.05, 4.69) is 4.90 Å². The molecule has 0 unspecified atom stereocenters. The molecule has 6 nitrogen and oxygen atoms in total. The van der Waals surface area contributed by atoms with Crippen molar-refractivity contribution >= 4 is 17.8 Å². The molecular formula is C21H31N3O3. The Labute approximate surface area is 161 Å². The van der Waals surface area contributed by atoms with Crippen LogP contribution in [0.2, 0.25) is 0 Å². The molecule has 2 saturated heterocycles. The topological polar surface area (TPSA) is 60.9 Å². The largest absolute Gasteiger partial charge is 0.335 e. The number of carbonyl (C=O) groups is 3. The van der Waals surface area contributed by atoms with Gasteiger partial charge in [0.25, 0.3) is 0 Å². The predicted octanol–water partition coefficient (Wildman–Crippen LogP) is 2.97. The summed E-state index contributed by atoms with van der Waals surface area (Å²) in [6, 6.07) is -0.339. The molecule has 148 valence electrons. The molecule has 0 spiro atoms. The fraction of sp³-hybridized carbons (Fsp3) is 0.857. The average Bonchev–Trinajstić information content (AvgIpc) is 2.79. The maximum atomic E-state index is 13.3. The fourth-order valence-electron chi connectivity index (χ4n) is 7.04. The van der Waals surface area contributed by atoms with E-state index in [1.165, 1.54) is 48.3 Å². The highest BCUT2D eigenvalue weighted by Crippen LogP contribution is 2.58. The molecule has 0 N–H and O–H groups in total. The van der Waals surface area contributed by atoms with Gasteiger partial charge in [-0.3, -0.25) is 14.5 Å². The molecule has 0 radical (unpaired) electrons. The summed E-state index contributed by atoms with van der Waals surface area (Å²) in [6.07, 6.45) is 12.4. The Balaban J connectivity index is 1.35. The van der Waals surface area contributed by atoms with Crippen molar-refractivity contribution in [3.63, 3.8) is 0 Å². The summed E-state index contributed by atoms with van der Waals surface area (Å²) in [6.45, 7) is 2.09. The van der Waals surface area contributed by atoms with Crippen LogP contribution in [0.4, 0.5) is 4.79 Å². The van der Waals surface area contributed by atoms with E-state index in [4.69, 9.17) is 0 Å². The summed E-state index contributed by atoms with van der Waals surface area (Å²) < 4.78 is 0. The zero-order valence-electron chi connectivity index (χ0n) is 16.2. The smallest absolute Gasteiger partial charge is 0.285 e. The predicted molar refractivity (Wildman–Crippen MR) is 99.5 cm³/mol. The first kappa shape index (κ1) is 17.7. The Morgan fingerprint density at radius 3 is 1.81 bits per heavy atom. The second-order valence-corrected chi connectivity index (χ2v) is 9.83. The number of likely N-dealkylation sites (tertiary alicyclic amines) is 1. The van der Waals surface area contributed by atoms with Crippen LogP contribution in [0.3, 0.4) is 0 Å². The highest BCUT2D eigenvalue weighted by Gasteiger charge is 2.61. The lowest BCUT2D eigenvalue weighted by molar-refractivity contribution is -0.150. The first-order chi connectivity index (χ1) is 13.1. The van der Waals surface area contributed by atoms with Gasteiger partial charge >= 0.3 is 17.8 Å². The summed E-state index contributed by atoms with van der Waals surface area (Å²) in [5.41, 5.74) is -0.371. The SMILES string of the molecule is O=C1C(=O)N(C23CC4CC(CC(C4)C2)C3)C(=O)N1CN1CCCCCCC1. The van der Waals surface area contributed by atoms with Crippen molar-refractivity contribution in [3.8, 4) is 0 Å². The Morgan fingerprint density at radius 2 is 1.26 bits per heavy atom. The number of hydrogen-bond acceptors (Lipinski definition) is 4. The lowest BCUT2D eigenvalue weighted by atomic mass is 9.52. The molecule has 6 rings (SSSR count). The van der Waals surface area contributed by atoms with Gasteiger partial charge in [0.2, 0.25) is 0 Å². The van der Waals surface area contributed by atoms with Crippen LogP contribution in [0.25, 0.3) is 0 Å². The maximum Gasteiger partial charge on any atom is 0.335 e. The lowest BCUT2D eigenvalue weighted by Gasteiger charge is -2.58. The van der Waals surface area contributed by atoms with Crippen molar-refractivity contribution in [1.82, 2.24) is 14.7 Å². The molecule has 6 aliphatic rings. The Bertz CT molecular complexity index is 618. The number of hydrogen-bond donors (Lipinski definition) is 0. The van der Waals surface area contributed by atoms with E-state index in [0.717, 1.165) is 45.2 Å². The summed E-state index contributed by atoms with van der Waals surface area (Å²) in [5, 5.41) is 0. The van der Waals surface area contributed by atoms with Gasteiger partial charge in [-0.25, -0.2) is 14.6 Å². The molecular weight excluding hydrogens is 342 g/mol. The minimum absolute atomic E-state index is 0.284. The van der Waals surface area contributed by atoms with Crippen molar-refractivity contribution in [1.29, 1.82) is 0 Å². The van der Waals surface area contributed by atoms with Crippen LogP contribution >= 0.6 is 0 Å². The molecule has 4 amide bonds. The normalized spacial score (nSPS) is 40.0. The summed E-state index contributed by atoms with van der Waals surface area (Å²) in [5.74, 6) is 0.743. The van der Waals surface area contributed by atoms with Crippen molar-refractivity contribution in [3.05, 3.63) is 0 Å². The number of urea groups is 1. The minimum atomic E-state index is -0.599. The minimum Gasteiger partial charge on any atom is -0.285 e.